The number of para-hydroxylation sites is 1. The topological polar surface area (TPSA) is 45.2 Å². The minimum absolute atomic E-state index is 0.0507. The quantitative estimate of drug-likeness (QED) is 0.824. The lowest BCUT2D eigenvalue weighted by molar-refractivity contribution is 0.156. The Labute approximate surface area is 100 Å². The summed E-state index contributed by atoms with van der Waals surface area (Å²) in [6, 6.07) is 11.9. The predicted octanol–water partition coefficient (Wildman–Crippen LogP) is 2.15. The van der Waals surface area contributed by atoms with Gasteiger partial charge in [-0.15, -0.1) is 0 Å². The maximum absolute atomic E-state index is 10.3. The summed E-state index contributed by atoms with van der Waals surface area (Å²) in [6.45, 7) is 0. The minimum atomic E-state index is -0.495. The van der Waals surface area contributed by atoms with E-state index in [0.29, 0.717) is 0 Å². The second kappa shape index (κ2) is 4.18. The molecule has 2 aromatic rings. The SMILES string of the molecule is OC(c1ccncc1)C1Cc2ccccc2N1. The third kappa shape index (κ3) is 1.89. The first-order valence-corrected chi connectivity index (χ1v) is 5.77. The molecule has 2 heterocycles. The first-order chi connectivity index (χ1) is 8.34. The number of benzene rings is 1. The highest BCUT2D eigenvalue weighted by Gasteiger charge is 2.27. The van der Waals surface area contributed by atoms with E-state index in [1.54, 1.807) is 12.4 Å². The summed E-state index contributed by atoms with van der Waals surface area (Å²) in [5, 5.41) is 13.7. The molecule has 2 N–H and O–H groups in total. The van der Waals surface area contributed by atoms with Crippen LogP contribution >= 0.6 is 0 Å². The molecule has 1 aliphatic heterocycles. The fourth-order valence-electron chi connectivity index (χ4n) is 2.31. The monoisotopic (exact) mass is 226 g/mol. The lowest BCUT2D eigenvalue weighted by Gasteiger charge is -2.19. The number of hydrogen-bond acceptors (Lipinski definition) is 3. The molecule has 0 spiro atoms. The van der Waals surface area contributed by atoms with Crippen LogP contribution in [0.25, 0.3) is 0 Å². The number of nitrogens with one attached hydrogen (secondary N) is 1. The van der Waals surface area contributed by atoms with Crippen molar-refractivity contribution >= 4 is 5.69 Å². The van der Waals surface area contributed by atoms with Crippen LogP contribution in [0.2, 0.25) is 0 Å². The van der Waals surface area contributed by atoms with Crippen molar-refractivity contribution in [2.45, 2.75) is 18.6 Å². The highest BCUT2D eigenvalue weighted by Crippen LogP contribution is 2.31. The molecule has 2 unspecified atom stereocenters. The summed E-state index contributed by atoms with van der Waals surface area (Å²) >= 11 is 0. The second-order valence-corrected chi connectivity index (χ2v) is 4.34. The van der Waals surface area contributed by atoms with E-state index in [9.17, 15) is 5.11 Å². The van der Waals surface area contributed by atoms with Gasteiger partial charge in [0, 0.05) is 18.1 Å². The lowest BCUT2D eigenvalue weighted by Crippen LogP contribution is -2.24. The fourth-order valence-corrected chi connectivity index (χ4v) is 2.31. The standard InChI is InChI=1S/C14H14N2O/c17-14(10-5-7-15-8-6-10)13-9-11-3-1-2-4-12(11)16-13/h1-8,13-14,16-17H,9H2. The molecular formula is C14H14N2O. The molecule has 3 nitrogen and oxygen atoms in total. The van der Waals surface area contributed by atoms with Gasteiger partial charge in [-0.1, -0.05) is 18.2 Å². The molecule has 0 saturated heterocycles. The molecular weight excluding hydrogens is 212 g/mol. The first-order valence-electron chi connectivity index (χ1n) is 5.77. The van der Waals surface area contributed by atoms with Gasteiger partial charge >= 0.3 is 0 Å². The number of aromatic nitrogens is 1. The van der Waals surface area contributed by atoms with Crippen molar-refractivity contribution < 1.29 is 5.11 Å². The van der Waals surface area contributed by atoms with Crippen molar-refractivity contribution in [3.8, 4) is 0 Å². The van der Waals surface area contributed by atoms with Gasteiger partial charge < -0.3 is 10.4 Å². The largest absolute Gasteiger partial charge is 0.386 e. The molecule has 0 aliphatic carbocycles. The summed E-state index contributed by atoms with van der Waals surface area (Å²) in [6.07, 6.45) is 3.78. The highest BCUT2D eigenvalue weighted by molar-refractivity contribution is 5.57. The lowest BCUT2D eigenvalue weighted by atomic mass is 10.0. The van der Waals surface area contributed by atoms with Crippen LogP contribution in [0.1, 0.15) is 17.2 Å². The smallest absolute Gasteiger partial charge is 0.0995 e. The van der Waals surface area contributed by atoms with Crippen LogP contribution in [0, 0.1) is 0 Å². The van der Waals surface area contributed by atoms with Crippen LogP contribution in [-0.2, 0) is 6.42 Å². The third-order valence-corrected chi connectivity index (χ3v) is 3.23. The minimum Gasteiger partial charge on any atom is -0.386 e. The average molecular weight is 226 g/mol. The van der Waals surface area contributed by atoms with E-state index in [1.165, 1.54) is 5.56 Å². The molecule has 0 fully saturated rings. The number of rotatable bonds is 2. The molecule has 2 atom stereocenters. The molecule has 1 aliphatic rings. The molecule has 1 aromatic carbocycles. The van der Waals surface area contributed by atoms with Crippen LogP contribution in [-0.4, -0.2) is 16.1 Å². The number of aliphatic hydroxyl groups excluding tert-OH is 1. The van der Waals surface area contributed by atoms with E-state index >= 15 is 0 Å². The molecule has 17 heavy (non-hydrogen) atoms. The Morgan fingerprint density at radius 2 is 1.94 bits per heavy atom. The number of fused-ring (bicyclic) bond motifs is 1. The highest BCUT2D eigenvalue weighted by atomic mass is 16.3. The maximum atomic E-state index is 10.3. The fraction of sp³-hybridized carbons (Fsp3) is 0.214. The molecule has 0 radical (unpaired) electrons. The van der Waals surface area contributed by atoms with Gasteiger partial charge in [-0.25, -0.2) is 0 Å². The summed E-state index contributed by atoms with van der Waals surface area (Å²) in [4.78, 5) is 3.96. The normalized spacial score (nSPS) is 19.5. The van der Waals surface area contributed by atoms with Crippen LogP contribution in [0.4, 0.5) is 5.69 Å². The molecule has 0 saturated carbocycles. The van der Waals surface area contributed by atoms with Crippen molar-refractivity contribution in [2.24, 2.45) is 0 Å². The van der Waals surface area contributed by atoms with Crippen molar-refractivity contribution in [1.29, 1.82) is 0 Å². The van der Waals surface area contributed by atoms with E-state index in [2.05, 4.69) is 22.4 Å². The van der Waals surface area contributed by atoms with E-state index < -0.39 is 6.10 Å². The van der Waals surface area contributed by atoms with Gasteiger partial charge in [-0.05, 0) is 35.7 Å². The Kier molecular flexibility index (Phi) is 2.53. The van der Waals surface area contributed by atoms with Crippen LogP contribution in [0.3, 0.4) is 0 Å². The molecule has 3 heteroatoms. The van der Waals surface area contributed by atoms with Crippen molar-refractivity contribution in [1.82, 2.24) is 4.98 Å². The number of aliphatic hydroxyl groups is 1. The summed E-state index contributed by atoms with van der Waals surface area (Å²) in [5.74, 6) is 0. The van der Waals surface area contributed by atoms with Crippen molar-refractivity contribution in [3.05, 3.63) is 59.9 Å². The zero-order valence-electron chi connectivity index (χ0n) is 9.38. The Balaban J connectivity index is 1.81. The number of hydrogen-bond donors (Lipinski definition) is 2. The Morgan fingerprint density at radius 3 is 2.71 bits per heavy atom. The molecule has 3 rings (SSSR count). The third-order valence-electron chi connectivity index (χ3n) is 3.23. The van der Waals surface area contributed by atoms with Gasteiger partial charge in [-0.3, -0.25) is 4.98 Å². The number of pyridine rings is 1. The van der Waals surface area contributed by atoms with Gasteiger partial charge in [0.05, 0.1) is 12.1 Å². The van der Waals surface area contributed by atoms with Crippen LogP contribution in [0.5, 0.6) is 0 Å². The Hall–Kier alpha value is -1.87. The first kappa shape index (κ1) is 10.3. The van der Waals surface area contributed by atoms with E-state index in [1.807, 2.05) is 24.3 Å². The van der Waals surface area contributed by atoms with E-state index in [4.69, 9.17) is 0 Å². The molecule has 1 aromatic heterocycles. The van der Waals surface area contributed by atoms with Crippen LogP contribution in [0.15, 0.2) is 48.8 Å². The zero-order valence-corrected chi connectivity index (χ0v) is 9.38. The summed E-state index contributed by atoms with van der Waals surface area (Å²) in [5.41, 5.74) is 3.31. The Bertz CT molecular complexity index is 488. The maximum Gasteiger partial charge on any atom is 0.0995 e. The average Bonchev–Trinajstić information content (AvgIpc) is 2.82. The van der Waals surface area contributed by atoms with Gasteiger partial charge in [0.25, 0.3) is 0 Å². The second-order valence-electron chi connectivity index (χ2n) is 4.34. The van der Waals surface area contributed by atoms with Gasteiger partial charge in [-0.2, -0.15) is 0 Å². The molecule has 86 valence electrons. The summed E-state index contributed by atoms with van der Waals surface area (Å²) < 4.78 is 0. The van der Waals surface area contributed by atoms with E-state index in [0.717, 1.165) is 17.7 Å². The predicted molar refractivity (Wildman–Crippen MR) is 66.8 cm³/mol. The van der Waals surface area contributed by atoms with Gasteiger partial charge in [0.1, 0.15) is 0 Å². The molecule has 0 bridgehead atoms. The van der Waals surface area contributed by atoms with Crippen LogP contribution < -0.4 is 5.32 Å². The van der Waals surface area contributed by atoms with Crippen molar-refractivity contribution in [2.75, 3.05) is 5.32 Å². The number of nitrogens with zero attached hydrogens (tertiary/aromatic N) is 1. The zero-order chi connectivity index (χ0) is 11.7. The van der Waals surface area contributed by atoms with Gasteiger partial charge in [0.15, 0.2) is 0 Å². The molecule has 0 amide bonds. The number of anilines is 1. The van der Waals surface area contributed by atoms with Gasteiger partial charge in [0.2, 0.25) is 0 Å². The van der Waals surface area contributed by atoms with Crippen molar-refractivity contribution in [3.63, 3.8) is 0 Å². The van der Waals surface area contributed by atoms with E-state index in [-0.39, 0.29) is 6.04 Å². The Morgan fingerprint density at radius 1 is 1.18 bits per heavy atom. The summed E-state index contributed by atoms with van der Waals surface area (Å²) in [7, 11) is 0.